The fourth-order valence-electron chi connectivity index (χ4n) is 3.62. The van der Waals surface area contributed by atoms with E-state index in [2.05, 4.69) is 38.1 Å². The molecule has 4 heteroatoms. The number of fused-ring (bicyclic) bond motifs is 3. The van der Waals surface area contributed by atoms with Gasteiger partial charge in [0.25, 0.3) is 0 Å². The van der Waals surface area contributed by atoms with E-state index in [9.17, 15) is 0 Å². The predicted octanol–water partition coefficient (Wildman–Crippen LogP) is 6.97. The Morgan fingerprint density at radius 3 is 2.48 bits per heavy atom. The number of hydrogen-bond acceptors (Lipinski definition) is 2. The Bertz CT molecular complexity index is 984. The average molecular weight is 401 g/mol. The molecule has 2 aromatic carbocycles. The molecule has 2 heterocycles. The fraction of sp³-hybridized carbons (Fsp3) is 0.304. The minimum Gasteiger partial charge on any atom is -0.483 e. The zero-order chi connectivity index (χ0) is 19.4. The van der Waals surface area contributed by atoms with E-state index in [-0.39, 0.29) is 5.60 Å². The van der Waals surface area contributed by atoms with Gasteiger partial charge in [0.1, 0.15) is 22.7 Å². The van der Waals surface area contributed by atoms with E-state index in [0.29, 0.717) is 16.5 Å². The van der Waals surface area contributed by atoms with Crippen LogP contribution in [-0.2, 0) is 6.42 Å². The number of halogens is 2. The molecular weight excluding hydrogens is 379 g/mol. The highest BCUT2D eigenvalue weighted by atomic mass is 35.5. The molecule has 0 saturated carbocycles. The predicted molar refractivity (Wildman–Crippen MR) is 113 cm³/mol. The molecule has 0 atom stereocenters. The summed E-state index contributed by atoms with van der Waals surface area (Å²) < 4.78 is 12.5. The standard InChI is InChI=1S/C23H22Cl2O2/c1-22(2)11-10-17-19(26-22)9-8-16-15(13-23(3,4)27-21(16)17)12-14-6-5-7-18(24)20(14)25/h5-11,13H,12H2,1-4H3. The Balaban J connectivity index is 1.81. The van der Waals surface area contributed by atoms with Crippen molar-refractivity contribution in [3.8, 4) is 11.5 Å². The molecule has 2 aliphatic heterocycles. The Labute approximate surface area is 170 Å². The van der Waals surface area contributed by atoms with Crippen LogP contribution in [0.25, 0.3) is 11.6 Å². The largest absolute Gasteiger partial charge is 0.483 e. The van der Waals surface area contributed by atoms with Gasteiger partial charge in [0.15, 0.2) is 0 Å². The topological polar surface area (TPSA) is 18.5 Å². The number of rotatable bonds is 2. The molecule has 0 unspecified atom stereocenters. The quantitative estimate of drug-likeness (QED) is 0.541. The molecule has 0 radical (unpaired) electrons. The van der Waals surface area contributed by atoms with E-state index in [1.54, 1.807) is 0 Å². The summed E-state index contributed by atoms with van der Waals surface area (Å²) >= 11 is 12.6. The van der Waals surface area contributed by atoms with Gasteiger partial charge in [-0.3, -0.25) is 0 Å². The molecule has 0 bridgehead atoms. The van der Waals surface area contributed by atoms with E-state index in [4.69, 9.17) is 32.7 Å². The summed E-state index contributed by atoms with van der Waals surface area (Å²) in [6.07, 6.45) is 7.02. The summed E-state index contributed by atoms with van der Waals surface area (Å²) in [4.78, 5) is 0. The van der Waals surface area contributed by atoms with Gasteiger partial charge in [-0.2, -0.15) is 0 Å². The van der Waals surface area contributed by atoms with Crippen molar-refractivity contribution >= 4 is 34.9 Å². The molecule has 2 aliphatic rings. The molecule has 2 nitrogen and oxygen atoms in total. The van der Waals surface area contributed by atoms with E-state index < -0.39 is 5.60 Å². The highest BCUT2D eigenvalue weighted by Gasteiger charge is 2.32. The maximum absolute atomic E-state index is 6.44. The molecule has 0 N–H and O–H groups in total. The molecule has 4 rings (SSSR count). The van der Waals surface area contributed by atoms with Crippen LogP contribution < -0.4 is 9.47 Å². The van der Waals surface area contributed by atoms with Crippen LogP contribution in [0.4, 0.5) is 0 Å². The zero-order valence-electron chi connectivity index (χ0n) is 15.9. The zero-order valence-corrected chi connectivity index (χ0v) is 17.4. The summed E-state index contributed by atoms with van der Waals surface area (Å²) in [6.45, 7) is 8.21. The lowest BCUT2D eigenvalue weighted by molar-refractivity contribution is 0.145. The van der Waals surface area contributed by atoms with Gasteiger partial charge in [0, 0.05) is 5.56 Å². The van der Waals surface area contributed by atoms with Crippen LogP contribution in [0.3, 0.4) is 0 Å². The third-order valence-electron chi connectivity index (χ3n) is 4.83. The van der Waals surface area contributed by atoms with Gasteiger partial charge in [0.2, 0.25) is 0 Å². The Morgan fingerprint density at radius 1 is 0.926 bits per heavy atom. The van der Waals surface area contributed by atoms with Gasteiger partial charge >= 0.3 is 0 Å². The molecule has 0 aliphatic carbocycles. The number of allylic oxidation sites excluding steroid dienone is 1. The smallest absolute Gasteiger partial charge is 0.139 e. The van der Waals surface area contributed by atoms with Crippen LogP contribution in [0.2, 0.25) is 10.0 Å². The van der Waals surface area contributed by atoms with Crippen molar-refractivity contribution in [2.24, 2.45) is 0 Å². The average Bonchev–Trinajstić information content (AvgIpc) is 2.56. The minimum atomic E-state index is -0.427. The molecule has 140 valence electrons. The van der Waals surface area contributed by atoms with Crippen molar-refractivity contribution in [2.45, 2.75) is 45.3 Å². The molecule has 0 amide bonds. The second-order valence-electron chi connectivity index (χ2n) is 8.16. The monoisotopic (exact) mass is 400 g/mol. The summed E-state index contributed by atoms with van der Waals surface area (Å²) in [7, 11) is 0. The van der Waals surface area contributed by atoms with Gasteiger partial charge in [-0.15, -0.1) is 0 Å². The summed E-state index contributed by atoms with van der Waals surface area (Å²) in [6, 6.07) is 9.85. The first-order valence-corrected chi connectivity index (χ1v) is 9.80. The maximum Gasteiger partial charge on any atom is 0.139 e. The van der Waals surface area contributed by atoms with Gasteiger partial charge in [-0.05, 0) is 81.7 Å². The SMILES string of the molecule is CC1(C)C=Cc2c(ccc3c2OC(C)(C)C=C3Cc2cccc(Cl)c2Cl)O1. The first-order valence-electron chi connectivity index (χ1n) is 9.04. The van der Waals surface area contributed by atoms with Crippen LogP contribution in [-0.4, -0.2) is 11.2 Å². The third-order valence-corrected chi connectivity index (χ3v) is 5.68. The van der Waals surface area contributed by atoms with E-state index in [1.165, 1.54) is 5.57 Å². The number of benzene rings is 2. The van der Waals surface area contributed by atoms with Crippen molar-refractivity contribution < 1.29 is 9.47 Å². The van der Waals surface area contributed by atoms with Gasteiger partial charge in [0.05, 0.1) is 15.6 Å². The summed E-state index contributed by atoms with van der Waals surface area (Å²) in [5.74, 6) is 1.71. The second kappa shape index (κ2) is 6.32. The van der Waals surface area contributed by atoms with Crippen LogP contribution in [0.15, 0.2) is 42.5 Å². The number of ether oxygens (including phenoxy) is 2. The van der Waals surface area contributed by atoms with Crippen molar-refractivity contribution in [2.75, 3.05) is 0 Å². The van der Waals surface area contributed by atoms with Gasteiger partial charge < -0.3 is 9.47 Å². The van der Waals surface area contributed by atoms with Crippen LogP contribution in [0.1, 0.15) is 44.4 Å². The first-order chi connectivity index (χ1) is 12.7. The van der Waals surface area contributed by atoms with Crippen molar-refractivity contribution in [3.05, 3.63) is 69.2 Å². The molecule has 0 aromatic heterocycles. The summed E-state index contributed by atoms with van der Waals surface area (Å²) in [5, 5.41) is 1.18. The van der Waals surface area contributed by atoms with Crippen LogP contribution in [0.5, 0.6) is 11.5 Å². The molecule has 2 aromatic rings. The summed E-state index contributed by atoms with van der Waals surface area (Å²) in [5.41, 5.74) is 3.48. The molecule has 0 saturated heterocycles. The van der Waals surface area contributed by atoms with Gasteiger partial charge in [-0.25, -0.2) is 0 Å². The molecule has 0 fully saturated rings. The highest BCUT2D eigenvalue weighted by Crippen LogP contribution is 2.46. The lowest BCUT2D eigenvalue weighted by Crippen LogP contribution is -2.31. The van der Waals surface area contributed by atoms with E-state index in [1.807, 2.05) is 38.1 Å². The normalized spacial score (nSPS) is 18.7. The number of hydrogen-bond donors (Lipinski definition) is 0. The Hall–Kier alpha value is -1.90. The Kier molecular flexibility index (Phi) is 4.32. The molecule has 0 spiro atoms. The minimum absolute atomic E-state index is 0.321. The van der Waals surface area contributed by atoms with E-state index >= 15 is 0 Å². The van der Waals surface area contributed by atoms with Crippen molar-refractivity contribution in [3.63, 3.8) is 0 Å². The van der Waals surface area contributed by atoms with Crippen LogP contribution in [0, 0.1) is 0 Å². The van der Waals surface area contributed by atoms with E-state index in [0.717, 1.165) is 28.2 Å². The molecule has 27 heavy (non-hydrogen) atoms. The van der Waals surface area contributed by atoms with Crippen LogP contribution >= 0.6 is 23.2 Å². The fourth-order valence-corrected chi connectivity index (χ4v) is 4.01. The third kappa shape index (κ3) is 3.49. The highest BCUT2D eigenvalue weighted by molar-refractivity contribution is 6.42. The van der Waals surface area contributed by atoms with Crippen molar-refractivity contribution in [1.82, 2.24) is 0 Å². The Morgan fingerprint density at radius 2 is 1.70 bits per heavy atom. The first kappa shape index (κ1) is 18.5. The lowest BCUT2D eigenvalue weighted by atomic mass is 9.88. The second-order valence-corrected chi connectivity index (χ2v) is 8.94. The maximum atomic E-state index is 6.44. The lowest BCUT2D eigenvalue weighted by Gasteiger charge is -2.35. The molecular formula is C23H22Cl2O2. The van der Waals surface area contributed by atoms with Gasteiger partial charge in [-0.1, -0.05) is 35.3 Å². The van der Waals surface area contributed by atoms with Crippen molar-refractivity contribution in [1.29, 1.82) is 0 Å².